The molecular weight excluding hydrogens is 228 g/mol. The van der Waals surface area contributed by atoms with Crippen LogP contribution in [0.3, 0.4) is 0 Å². The number of carbonyl (C=O) groups is 1. The number of nitrogens with two attached hydrogens (primary N) is 2. The van der Waals surface area contributed by atoms with Crippen molar-refractivity contribution in [2.24, 2.45) is 11.5 Å². The molecule has 0 rings (SSSR count). The van der Waals surface area contributed by atoms with Crippen LogP contribution in [0.2, 0.25) is 0 Å². The Morgan fingerprint density at radius 3 is 2.00 bits per heavy atom. The molecule has 0 bridgehead atoms. The second-order valence-corrected chi connectivity index (χ2v) is 6.06. The fourth-order valence-electron chi connectivity index (χ4n) is 1.67. The predicted molar refractivity (Wildman–Crippen MR) is 74.9 cm³/mol. The Labute approximate surface area is 111 Å². The molecule has 4 N–H and O–H groups in total. The first-order valence-corrected chi connectivity index (χ1v) is 7.00. The molecule has 0 heterocycles. The van der Waals surface area contributed by atoms with Gasteiger partial charge < -0.3 is 16.2 Å². The summed E-state index contributed by atoms with van der Waals surface area (Å²) in [6, 6.07) is 0. The summed E-state index contributed by atoms with van der Waals surface area (Å²) in [5, 5.41) is 0. The lowest BCUT2D eigenvalue weighted by atomic mass is 10.0. The Bertz CT molecular complexity index is 245. The topological polar surface area (TPSA) is 78.3 Å². The van der Waals surface area contributed by atoms with E-state index in [1.807, 2.05) is 20.8 Å². The minimum absolute atomic E-state index is 0.480. The van der Waals surface area contributed by atoms with Gasteiger partial charge in [-0.25, -0.2) is 4.79 Å². The van der Waals surface area contributed by atoms with E-state index in [2.05, 4.69) is 6.92 Å². The lowest BCUT2D eigenvalue weighted by Gasteiger charge is -2.28. The molecule has 0 unspecified atom stereocenters. The Kier molecular flexibility index (Phi) is 7.48. The lowest BCUT2D eigenvalue weighted by molar-refractivity contribution is -0.161. The van der Waals surface area contributed by atoms with Crippen molar-refractivity contribution in [3.05, 3.63) is 0 Å². The Morgan fingerprint density at radius 2 is 1.50 bits per heavy atom. The fourth-order valence-corrected chi connectivity index (χ4v) is 1.67. The average Bonchev–Trinajstić information content (AvgIpc) is 2.20. The monoisotopic (exact) mass is 258 g/mol. The minimum Gasteiger partial charge on any atom is -0.458 e. The summed E-state index contributed by atoms with van der Waals surface area (Å²) in [7, 11) is 0. The zero-order valence-electron chi connectivity index (χ0n) is 12.4. The third-order valence-electron chi connectivity index (χ3n) is 2.72. The first kappa shape index (κ1) is 17.4. The SMILES string of the molecule is CCCCCCCCC(N)(N)C(=O)OC(C)(C)C. The molecule has 0 aliphatic carbocycles. The largest absolute Gasteiger partial charge is 0.458 e. The van der Waals surface area contributed by atoms with Gasteiger partial charge in [-0.15, -0.1) is 0 Å². The van der Waals surface area contributed by atoms with Gasteiger partial charge in [-0.2, -0.15) is 0 Å². The number of rotatable bonds is 8. The van der Waals surface area contributed by atoms with Crippen LogP contribution in [0.5, 0.6) is 0 Å². The highest BCUT2D eigenvalue weighted by atomic mass is 16.6. The standard InChI is InChI=1S/C14H30N2O2/c1-5-6-7-8-9-10-11-14(15,16)12(17)18-13(2,3)4/h5-11,15-16H2,1-4H3. The van der Waals surface area contributed by atoms with E-state index in [-0.39, 0.29) is 0 Å². The van der Waals surface area contributed by atoms with Gasteiger partial charge in [0.1, 0.15) is 5.60 Å². The number of hydrogen-bond acceptors (Lipinski definition) is 4. The van der Waals surface area contributed by atoms with Crippen LogP contribution in [0.15, 0.2) is 0 Å². The fraction of sp³-hybridized carbons (Fsp3) is 0.929. The number of esters is 1. The van der Waals surface area contributed by atoms with Crippen LogP contribution in [0.4, 0.5) is 0 Å². The molecule has 0 aromatic carbocycles. The van der Waals surface area contributed by atoms with Gasteiger partial charge in [0, 0.05) is 0 Å². The molecule has 0 saturated heterocycles. The van der Waals surface area contributed by atoms with Crippen molar-refractivity contribution in [3.8, 4) is 0 Å². The number of hydrogen-bond donors (Lipinski definition) is 2. The van der Waals surface area contributed by atoms with Crippen LogP contribution in [-0.2, 0) is 9.53 Å². The maximum absolute atomic E-state index is 11.8. The van der Waals surface area contributed by atoms with Gasteiger partial charge in [0.15, 0.2) is 5.66 Å². The van der Waals surface area contributed by atoms with Crippen molar-refractivity contribution in [1.82, 2.24) is 0 Å². The summed E-state index contributed by atoms with van der Waals surface area (Å²) in [6.45, 7) is 7.62. The van der Waals surface area contributed by atoms with Crippen molar-refractivity contribution in [2.45, 2.75) is 83.9 Å². The molecule has 0 atom stereocenters. The third kappa shape index (κ3) is 8.48. The molecule has 0 aliphatic heterocycles. The van der Waals surface area contributed by atoms with E-state index in [1.165, 1.54) is 25.7 Å². The summed E-state index contributed by atoms with van der Waals surface area (Å²) < 4.78 is 5.21. The number of unbranched alkanes of at least 4 members (excludes halogenated alkanes) is 5. The highest BCUT2D eigenvalue weighted by Gasteiger charge is 2.33. The Hall–Kier alpha value is -0.610. The Balaban J connectivity index is 3.89. The van der Waals surface area contributed by atoms with Crippen molar-refractivity contribution in [3.63, 3.8) is 0 Å². The molecule has 4 nitrogen and oxygen atoms in total. The highest BCUT2D eigenvalue weighted by Crippen LogP contribution is 2.15. The second kappa shape index (κ2) is 7.74. The van der Waals surface area contributed by atoms with E-state index >= 15 is 0 Å². The molecule has 0 aromatic heterocycles. The maximum Gasteiger partial charge on any atom is 0.341 e. The first-order chi connectivity index (χ1) is 8.19. The van der Waals surface area contributed by atoms with Gasteiger partial charge in [0.25, 0.3) is 0 Å². The minimum atomic E-state index is -1.35. The van der Waals surface area contributed by atoms with Crippen LogP contribution in [0, 0.1) is 0 Å². The molecule has 0 spiro atoms. The molecule has 0 saturated carbocycles. The molecule has 0 aliphatic rings. The van der Waals surface area contributed by atoms with Crippen molar-refractivity contribution in [2.75, 3.05) is 0 Å². The van der Waals surface area contributed by atoms with Crippen molar-refractivity contribution in [1.29, 1.82) is 0 Å². The first-order valence-electron chi connectivity index (χ1n) is 7.00. The average molecular weight is 258 g/mol. The second-order valence-electron chi connectivity index (χ2n) is 6.06. The van der Waals surface area contributed by atoms with Gasteiger partial charge >= 0.3 is 5.97 Å². The summed E-state index contributed by atoms with van der Waals surface area (Å²) in [5.41, 5.74) is 9.73. The van der Waals surface area contributed by atoms with Gasteiger partial charge in [-0.05, 0) is 33.6 Å². The summed E-state index contributed by atoms with van der Waals surface area (Å²) >= 11 is 0. The van der Waals surface area contributed by atoms with Crippen LogP contribution >= 0.6 is 0 Å². The molecule has 18 heavy (non-hydrogen) atoms. The smallest absolute Gasteiger partial charge is 0.341 e. The summed E-state index contributed by atoms with van der Waals surface area (Å²) in [4.78, 5) is 11.8. The van der Waals surface area contributed by atoms with Gasteiger partial charge in [-0.3, -0.25) is 0 Å². The van der Waals surface area contributed by atoms with E-state index < -0.39 is 17.2 Å². The molecule has 0 amide bonds. The predicted octanol–water partition coefficient (Wildman–Crippen LogP) is 2.69. The quantitative estimate of drug-likeness (QED) is 0.398. The van der Waals surface area contributed by atoms with Gasteiger partial charge in [0.05, 0.1) is 0 Å². The zero-order valence-corrected chi connectivity index (χ0v) is 12.4. The number of carbonyl (C=O) groups excluding carboxylic acids is 1. The third-order valence-corrected chi connectivity index (χ3v) is 2.72. The summed E-state index contributed by atoms with van der Waals surface area (Å²) in [6.07, 6.45) is 7.34. The van der Waals surface area contributed by atoms with E-state index in [1.54, 1.807) is 0 Å². The van der Waals surface area contributed by atoms with Gasteiger partial charge in [0.2, 0.25) is 0 Å². The van der Waals surface area contributed by atoms with E-state index in [9.17, 15) is 4.79 Å². The Morgan fingerprint density at radius 1 is 1.00 bits per heavy atom. The van der Waals surface area contributed by atoms with E-state index in [0.29, 0.717) is 6.42 Å². The lowest BCUT2D eigenvalue weighted by Crippen LogP contribution is -2.58. The molecule has 4 heteroatoms. The van der Waals surface area contributed by atoms with Crippen LogP contribution in [0.1, 0.15) is 72.6 Å². The molecular formula is C14H30N2O2. The normalized spacial score (nSPS) is 12.6. The van der Waals surface area contributed by atoms with E-state index in [0.717, 1.165) is 12.8 Å². The van der Waals surface area contributed by atoms with Crippen LogP contribution in [0.25, 0.3) is 0 Å². The highest BCUT2D eigenvalue weighted by molar-refractivity contribution is 5.79. The molecule has 0 radical (unpaired) electrons. The number of ether oxygens (including phenoxy) is 1. The van der Waals surface area contributed by atoms with Crippen LogP contribution in [-0.4, -0.2) is 17.2 Å². The van der Waals surface area contributed by atoms with Crippen molar-refractivity contribution >= 4 is 5.97 Å². The summed E-state index contributed by atoms with van der Waals surface area (Å²) in [5.74, 6) is -0.511. The molecule has 0 aromatic rings. The van der Waals surface area contributed by atoms with E-state index in [4.69, 9.17) is 16.2 Å². The van der Waals surface area contributed by atoms with Crippen molar-refractivity contribution < 1.29 is 9.53 Å². The van der Waals surface area contributed by atoms with Gasteiger partial charge in [-0.1, -0.05) is 39.0 Å². The maximum atomic E-state index is 11.8. The zero-order chi connectivity index (χ0) is 14.2. The molecule has 108 valence electrons. The molecule has 0 fully saturated rings. The van der Waals surface area contributed by atoms with Crippen LogP contribution < -0.4 is 11.5 Å².